The molecule has 0 spiro atoms. The Labute approximate surface area is 468 Å². The Kier molecular flexibility index (Phi) is 10.6. The summed E-state index contributed by atoms with van der Waals surface area (Å²) < 4.78 is 8.82. The van der Waals surface area contributed by atoms with Gasteiger partial charge >= 0.3 is 472 Å². The van der Waals surface area contributed by atoms with Gasteiger partial charge in [-0.15, -0.1) is 0 Å². The molecule has 0 atom stereocenters. The van der Waals surface area contributed by atoms with E-state index in [0.29, 0.717) is 0 Å². The molecule has 79 heavy (non-hydrogen) atoms. The van der Waals surface area contributed by atoms with Crippen LogP contribution in [0.1, 0.15) is 33.4 Å². The third-order valence-corrected chi connectivity index (χ3v) is 19.4. The van der Waals surface area contributed by atoms with Crippen LogP contribution in [0.25, 0.3) is 44.5 Å². The molecule has 0 amide bonds. The van der Waals surface area contributed by atoms with Gasteiger partial charge in [0, 0.05) is 0 Å². The van der Waals surface area contributed by atoms with E-state index in [9.17, 15) is 0 Å². The Morgan fingerprint density at radius 3 is 0.975 bits per heavy atom. The topological polar surface area (TPSA) is 29.3 Å². The fourth-order valence-corrected chi connectivity index (χ4v) is 16.2. The zero-order valence-electron chi connectivity index (χ0n) is 43.8. The van der Waals surface area contributed by atoms with Crippen molar-refractivity contribution in [3.05, 3.63) is 270 Å². The van der Waals surface area contributed by atoms with Gasteiger partial charge in [0.2, 0.25) is 0 Å². The molecule has 0 N–H and O–H groups in total. The molecular formula is C72H53N5OPt. The third kappa shape index (κ3) is 7.57. The maximum atomic E-state index is 6.38. The summed E-state index contributed by atoms with van der Waals surface area (Å²) in [6.45, 7) is 4.53. The molecule has 0 aliphatic carbocycles. The van der Waals surface area contributed by atoms with Crippen molar-refractivity contribution < 1.29 is 22.1 Å². The summed E-state index contributed by atoms with van der Waals surface area (Å²) >= 11 is -1.24. The van der Waals surface area contributed by atoms with Gasteiger partial charge in [0.25, 0.3) is 0 Å². The van der Waals surface area contributed by atoms with Gasteiger partial charge in [0.1, 0.15) is 0 Å². The molecule has 9 aliphatic heterocycles. The normalized spacial score (nSPS) is 14.6. The summed E-state index contributed by atoms with van der Waals surface area (Å²) in [5.74, 6) is 0.740. The standard InChI is InChI=1S/C72H53N5O.Pt/c1-48-40-62-54-31-23-50(24-32-54)19-21-52-27-35-56(36-28-52)64-42-49(2)43-65-57-37-29-53(30-38-57)22-20-51-25-33-55(34-26-51)63(41-48)71(62)75-46-73(66-14-3-5-16-68(66)75)58-10-7-12-60(44-58)77(70-18-9-39-78-70)61-13-8-11-59(45-61)74-47-76(72(64)65)69-17-6-4-15-67(69)74;/h3-18,23-45H,19-22H2,1-2H3;. The first-order valence-corrected chi connectivity index (χ1v) is 29.6. The van der Waals surface area contributed by atoms with Crippen LogP contribution in [0.4, 0.5) is 62.8 Å². The number of aryl methyl sites for hydroxylation is 6. The van der Waals surface area contributed by atoms with Gasteiger partial charge in [0.15, 0.2) is 0 Å². The molecule has 9 aliphatic rings. The summed E-state index contributed by atoms with van der Waals surface area (Å²) in [6.07, 6.45) is 5.55. The number of nitrogens with zero attached hydrogens (tertiary/aromatic N) is 5. The SMILES string of the molecule is Cc1cc2c3c(c1)-c1ccc(cc1)CCc1ccc(cc1)-c1cc(C)cc(c1N1[C]4=[Pt]=[C]5N(c6cccc(c6)N(c6ccco6)c6cccc(c6)N4c4ccccc41)c1ccccc1N53)-c1ccc(cc1)CCc1ccc-2cc1. The number of para-hydroxylation sites is 4. The molecule has 7 heteroatoms. The van der Waals surface area contributed by atoms with Crippen LogP contribution in [-0.4, -0.2) is 8.29 Å². The quantitative estimate of drug-likeness (QED) is 0.163. The van der Waals surface area contributed by atoms with Gasteiger partial charge in [0.05, 0.1) is 0 Å². The van der Waals surface area contributed by atoms with Gasteiger partial charge in [-0.1, -0.05) is 0 Å². The van der Waals surface area contributed by atoms with Crippen LogP contribution in [0.3, 0.4) is 0 Å². The van der Waals surface area contributed by atoms with E-state index in [4.69, 9.17) is 4.42 Å². The summed E-state index contributed by atoms with van der Waals surface area (Å²) in [5, 5.41) is 0. The zero-order chi connectivity index (χ0) is 52.3. The van der Waals surface area contributed by atoms with Crippen LogP contribution in [0, 0.1) is 13.8 Å². The molecule has 20 rings (SSSR count). The van der Waals surface area contributed by atoms with Crippen molar-refractivity contribution in [2.75, 3.05) is 24.5 Å². The maximum absolute atomic E-state index is 6.38. The van der Waals surface area contributed by atoms with E-state index in [1.54, 1.807) is 6.26 Å². The molecule has 0 unspecified atom stereocenters. The van der Waals surface area contributed by atoms with Crippen LogP contribution in [0.2, 0.25) is 0 Å². The van der Waals surface area contributed by atoms with E-state index in [-0.39, 0.29) is 0 Å². The van der Waals surface area contributed by atoms with Crippen molar-refractivity contribution in [2.45, 2.75) is 39.5 Å². The minimum absolute atomic E-state index is 0.740. The van der Waals surface area contributed by atoms with Crippen LogP contribution in [-0.2, 0) is 43.3 Å². The first-order chi connectivity index (χ1) is 39.0. The molecule has 0 radical (unpaired) electrons. The number of hydrogen-bond acceptors (Lipinski definition) is 6. The number of benzene rings is 10. The van der Waals surface area contributed by atoms with Crippen molar-refractivity contribution >= 4 is 71.0 Å². The van der Waals surface area contributed by atoms with Crippen molar-refractivity contribution in [1.82, 2.24) is 0 Å². The number of anilines is 11. The Morgan fingerprint density at radius 2 is 0.646 bits per heavy atom. The molecule has 11 aromatic rings. The molecular weight excluding hydrogens is 1150 g/mol. The molecule has 0 saturated heterocycles. The molecule has 6 nitrogen and oxygen atoms in total. The van der Waals surface area contributed by atoms with Crippen molar-refractivity contribution in [3.63, 3.8) is 0 Å². The Morgan fingerprint density at radius 1 is 0.316 bits per heavy atom. The summed E-state index contributed by atoms with van der Waals surface area (Å²) in [5.41, 5.74) is 28.4. The molecule has 382 valence electrons. The number of hydrogen-bond donors (Lipinski definition) is 0. The Hall–Kier alpha value is -9.09. The second kappa shape index (κ2) is 18.3. The Bertz CT molecular complexity index is 3930. The zero-order valence-corrected chi connectivity index (χ0v) is 46.1. The predicted molar refractivity (Wildman–Crippen MR) is 324 cm³/mol. The van der Waals surface area contributed by atoms with E-state index < -0.39 is 17.6 Å². The van der Waals surface area contributed by atoms with Crippen LogP contribution < -0.4 is 24.5 Å². The summed E-state index contributed by atoms with van der Waals surface area (Å²) in [6, 6.07) is 88.0. The van der Waals surface area contributed by atoms with Gasteiger partial charge in [-0.2, -0.15) is 0 Å². The van der Waals surface area contributed by atoms with Crippen LogP contribution >= 0.6 is 0 Å². The first-order valence-electron chi connectivity index (χ1n) is 27.4. The van der Waals surface area contributed by atoms with Crippen molar-refractivity contribution in [2.24, 2.45) is 0 Å². The fourth-order valence-electron chi connectivity index (χ4n) is 12.6. The first kappa shape index (κ1) is 46.0. The van der Waals surface area contributed by atoms with Gasteiger partial charge in [-0.05, 0) is 0 Å². The van der Waals surface area contributed by atoms with Crippen LogP contribution in [0.5, 0.6) is 0 Å². The number of fused-ring (bicyclic) bond motifs is 14. The molecule has 0 fully saturated rings. The van der Waals surface area contributed by atoms with E-state index in [1.165, 1.54) is 97.6 Å². The fraction of sp³-hybridized carbons (Fsp3) is 0.0833. The monoisotopic (exact) mass is 1200 g/mol. The summed E-state index contributed by atoms with van der Waals surface area (Å²) in [7, 11) is 0. The van der Waals surface area contributed by atoms with E-state index >= 15 is 0 Å². The van der Waals surface area contributed by atoms with Crippen molar-refractivity contribution in [3.8, 4) is 44.5 Å². The van der Waals surface area contributed by atoms with Gasteiger partial charge in [-0.3, -0.25) is 0 Å². The third-order valence-electron chi connectivity index (χ3n) is 16.4. The second-order valence-electron chi connectivity index (χ2n) is 21.4. The summed E-state index contributed by atoms with van der Waals surface area (Å²) in [4.78, 5) is 12.8. The van der Waals surface area contributed by atoms with Gasteiger partial charge in [-0.25, -0.2) is 0 Å². The predicted octanol–water partition coefficient (Wildman–Crippen LogP) is 18.1. The van der Waals surface area contributed by atoms with Crippen LogP contribution in [0.15, 0.2) is 241 Å². The molecule has 10 aromatic carbocycles. The average Bonchev–Trinajstić information content (AvgIpc) is 4.30. The van der Waals surface area contributed by atoms with E-state index in [1.807, 2.05) is 6.07 Å². The van der Waals surface area contributed by atoms with E-state index in [0.717, 1.165) is 77.1 Å². The number of furan rings is 1. The molecule has 10 heterocycles. The average molecular weight is 1200 g/mol. The second-order valence-corrected chi connectivity index (χ2v) is 24.0. The molecule has 1 aromatic heterocycles. The molecule has 0 saturated carbocycles. The Balaban J connectivity index is 1.13. The number of rotatable bonds is 1. The van der Waals surface area contributed by atoms with E-state index in [2.05, 4.69) is 263 Å². The molecule has 16 bridgehead atoms. The van der Waals surface area contributed by atoms with Gasteiger partial charge < -0.3 is 0 Å². The minimum atomic E-state index is -1.24. The van der Waals surface area contributed by atoms with Crippen molar-refractivity contribution in [1.29, 1.82) is 0 Å².